The molecule has 0 saturated carbocycles. The lowest BCUT2D eigenvalue weighted by atomic mass is 10.2. The van der Waals surface area contributed by atoms with Crippen LogP contribution in [-0.2, 0) is 28.5 Å². The Kier molecular flexibility index (Phi) is 10.1. The second-order valence-electron chi connectivity index (χ2n) is 10.00. The summed E-state index contributed by atoms with van der Waals surface area (Å²) >= 11 is 0. The van der Waals surface area contributed by atoms with Crippen LogP contribution in [0.4, 0.5) is 9.59 Å². The first kappa shape index (κ1) is 29.4. The van der Waals surface area contributed by atoms with Crippen LogP contribution < -0.4 is 0 Å². The standard InChI is InChI=1S/2C11H19NO5/c2*1-11(2,3)17-10(15)12-6-5-7(13)8(12)9(14)16-4/h2*7-8,13H,5-6H2,1-4H3/t2*7-,8+/m10/s1. The maximum absolute atomic E-state index is 11.8. The largest absolute Gasteiger partial charge is 0.467 e. The van der Waals surface area contributed by atoms with Crippen molar-refractivity contribution in [3.8, 4) is 0 Å². The average molecular weight is 491 g/mol. The minimum atomic E-state index is -0.963. The quantitative estimate of drug-likeness (QED) is 0.424. The number of hydrogen-bond donors (Lipinski definition) is 2. The molecule has 0 radical (unpaired) electrons. The van der Waals surface area contributed by atoms with E-state index in [1.165, 1.54) is 24.0 Å². The van der Waals surface area contributed by atoms with Crippen molar-refractivity contribution >= 4 is 24.1 Å². The highest BCUT2D eigenvalue weighted by Crippen LogP contribution is 2.23. The number of amides is 2. The highest BCUT2D eigenvalue weighted by Gasteiger charge is 2.44. The third kappa shape index (κ3) is 8.32. The van der Waals surface area contributed by atoms with Gasteiger partial charge in [0.2, 0.25) is 0 Å². The molecule has 4 atom stereocenters. The minimum Gasteiger partial charge on any atom is -0.467 e. The minimum absolute atomic E-state index is 0.288. The lowest BCUT2D eigenvalue weighted by molar-refractivity contribution is -0.149. The summed E-state index contributed by atoms with van der Waals surface area (Å²) in [6.45, 7) is 11.0. The summed E-state index contributed by atoms with van der Waals surface area (Å²) in [6, 6.07) is -1.93. The Morgan fingerprint density at radius 2 is 0.971 bits per heavy atom. The molecule has 0 spiro atoms. The van der Waals surface area contributed by atoms with Crippen molar-refractivity contribution in [3.63, 3.8) is 0 Å². The van der Waals surface area contributed by atoms with E-state index in [0.717, 1.165) is 0 Å². The Balaban J connectivity index is 0.000000340. The molecule has 2 aliphatic rings. The van der Waals surface area contributed by atoms with Crippen LogP contribution in [0, 0.1) is 0 Å². The van der Waals surface area contributed by atoms with E-state index in [9.17, 15) is 29.4 Å². The molecule has 2 aliphatic heterocycles. The van der Waals surface area contributed by atoms with Gasteiger partial charge in [0.25, 0.3) is 0 Å². The summed E-state index contributed by atoms with van der Waals surface area (Å²) < 4.78 is 19.5. The van der Waals surface area contributed by atoms with Crippen LogP contribution in [0.5, 0.6) is 0 Å². The number of rotatable bonds is 2. The Morgan fingerprint density at radius 1 is 0.676 bits per heavy atom. The zero-order chi connectivity index (χ0) is 26.4. The normalized spacial score (nSPS) is 24.6. The van der Waals surface area contributed by atoms with Crippen LogP contribution in [0.15, 0.2) is 0 Å². The number of likely N-dealkylation sites (tertiary alicyclic amines) is 2. The van der Waals surface area contributed by atoms with Crippen LogP contribution in [-0.4, -0.2) is 107 Å². The van der Waals surface area contributed by atoms with Crippen molar-refractivity contribution in [2.75, 3.05) is 27.3 Å². The number of aliphatic hydroxyl groups is 2. The molecule has 2 heterocycles. The summed E-state index contributed by atoms with van der Waals surface area (Å²) in [5.74, 6) is -1.25. The molecular formula is C22H38N2O10. The number of ether oxygens (including phenoxy) is 4. The first-order chi connectivity index (χ1) is 15.5. The van der Waals surface area contributed by atoms with E-state index in [2.05, 4.69) is 9.47 Å². The molecule has 34 heavy (non-hydrogen) atoms. The van der Waals surface area contributed by atoms with Gasteiger partial charge in [0.15, 0.2) is 12.1 Å². The molecule has 0 aromatic carbocycles. The zero-order valence-corrected chi connectivity index (χ0v) is 21.2. The van der Waals surface area contributed by atoms with Crippen molar-refractivity contribution in [1.29, 1.82) is 0 Å². The Morgan fingerprint density at radius 3 is 1.21 bits per heavy atom. The van der Waals surface area contributed by atoms with Crippen LogP contribution in [0.1, 0.15) is 54.4 Å². The fourth-order valence-electron chi connectivity index (χ4n) is 3.41. The molecule has 0 aromatic heterocycles. The van der Waals surface area contributed by atoms with E-state index in [4.69, 9.17) is 9.47 Å². The smallest absolute Gasteiger partial charge is 0.411 e. The van der Waals surface area contributed by atoms with Gasteiger partial charge in [-0.25, -0.2) is 19.2 Å². The molecule has 2 fully saturated rings. The molecule has 0 aliphatic carbocycles. The van der Waals surface area contributed by atoms with Crippen molar-refractivity contribution < 1.29 is 48.3 Å². The van der Waals surface area contributed by atoms with Gasteiger partial charge in [-0.15, -0.1) is 0 Å². The van der Waals surface area contributed by atoms with Crippen LogP contribution in [0.2, 0.25) is 0 Å². The maximum Gasteiger partial charge on any atom is 0.411 e. The van der Waals surface area contributed by atoms with E-state index in [1.807, 2.05) is 0 Å². The van der Waals surface area contributed by atoms with Crippen LogP contribution in [0.25, 0.3) is 0 Å². The number of aliphatic hydroxyl groups excluding tert-OH is 2. The highest BCUT2D eigenvalue weighted by atomic mass is 16.6. The van der Waals surface area contributed by atoms with Gasteiger partial charge in [-0.3, -0.25) is 9.80 Å². The van der Waals surface area contributed by atoms with Gasteiger partial charge >= 0.3 is 24.1 Å². The summed E-state index contributed by atoms with van der Waals surface area (Å²) in [5, 5.41) is 19.3. The lowest BCUT2D eigenvalue weighted by Gasteiger charge is -2.27. The highest BCUT2D eigenvalue weighted by molar-refractivity contribution is 5.83. The molecule has 0 unspecified atom stereocenters. The predicted octanol–water partition coefficient (Wildman–Crippen LogP) is 1.06. The molecule has 0 bridgehead atoms. The second-order valence-corrected chi connectivity index (χ2v) is 10.00. The zero-order valence-electron chi connectivity index (χ0n) is 21.2. The third-order valence-corrected chi connectivity index (χ3v) is 4.87. The lowest BCUT2D eigenvalue weighted by Crippen LogP contribution is -2.47. The molecule has 12 nitrogen and oxygen atoms in total. The third-order valence-electron chi connectivity index (χ3n) is 4.87. The predicted molar refractivity (Wildman–Crippen MR) is 119 cm³/mol. The van der Waals surface area contributed by atoms with Crippen molar-refractivity contribution in [2.45, 2.75) is 89.9 Å². The number of hydrogen-bond acceptors (Lipinski definition) is 10. The molecular weight excluding hydrogens is 452 g/mol. The molecule has 0 aromatic rings. The number of carbonyl (C=O) groups is 4. The summed E-state index contributed by atoms with van der Waals surface area (Å²) in [4.78, 5) is 49.0. The topological polar surface area (TPSA) is 152 Å². The fourth-order valence-corrected chi connectivity index (χ4v) is 3.41. The number of esters is 2. The second kappa shape index (κ2) is 11.7. The molecule has 2 amide bonds. The number of methoxy groups -OCH3 is 2. The summed E-state index contributed by atoms with van der Waals surface area (Å²) in [5.41, 5.74) is -1.27. The van der Waals surface area contributed by atoms with Gasteiger partial charge < -0.3 is 29.2 Å². The van der Waals surface area contributed by atoms with E-state index < -0.39 is 59.6 Å². The number of nitrogens with zero attached hydrogens (tertiary/aromatic N) is 2. The Bertz CT molecular complexity index is 681. The first-order valence-electron chi connectivity index (χ1n) is 11.0. The molecule has 2 saturated heterocycles. The van der Waals surface area contributed by atoms with E-state index in [1.54, 1.807) is 41.5 Å². The number of carbonyl (C=O) groups excluding carboxylic acids is 4. The molecule has 12 heteroatoms. The Labute approximate surface area is 200 Å². The summed E-state index contributed by atoms with van der Waals surface area (Å²) in [6.07, 6.45) is -2.31. The van der Waals surface area contributed by atoms with Gasteiger partial charge in [0.05, 0.1) is 26.4 Å². The summed E-state index contributed by atoms with van der Waals surface area (Å²) in [7, 11) is 2.45. The van der Waals surface area contributed by atoms with E-state index >= 15 is 0 Å². The van der Waals surface area contributed by atoms with E-state index in [-0.39, 0.29) is 13.1 Å². The van der Waals surface area contributed by atoms with Gasteiger partial charge in [0, 0.05) is 13.1 Å². The monoisotopic (exact) mass is 490 g/mol. The Hall–Kier alpha value is -2.60. The SMILES string of the molecule is COC(=O)[C@@H]1[C@H](O)CCN1C(=O)OC(C)(C)C.COC(=O)[C@H]1[C@@H](O)CCN1C(=O)OC(C)(C)C. The van der Waals surface area contributed by atoms with Gasteiger partial charge in [-0.1, -0.05) is 0 Å². The van der Waals surface area contributed by atoms with Crippen LogP contribution >= 0.6 is 0 Å². The van der Waals surface area contributed by atoms with E-state index in [0.29, 0.717) is 12.8 Å². The molecule has 2 rings (SSSR count). The van der Waals surface area contributed by atoms with Gasteiger partial charge in [-0.05, 0) is 54.4 Å². The first-order valence-corrected chi connectivity index (χ1v) is 11.0. The maximum atomic E-state index is 11.8. The van der Waals surface area contributed by atoms with Crippen molar-refractivity contribution in [2.24, 2.45) is 0 Å². The molecule has 196 valence electrons. The van der Waals surface area contributed by atoms with Gasteiger partial charge in [0.1, 0.15) is 11.2 Å². The fraction of sp³-hybridized carbons (Fsp3) is 0.818. The van der Waals surface area contributed by atoms with Crippen molar-refractivity contribution in [3.05, 3.63) is 0 Å². The molecule has 2 N–H and O–H groups in total. The van der Waals surface area contributed by atoms with Crippen molar-refractivity contribution in [1.82, 2.24) is 9.80 Å². The van der Waals surface area contributed by atoms with Gasteiger partial charge in [-0.2, -0.15) is 0 Å². The average Bonchev–Trinajstić information content (AvgIpc) is 3.27. The van der Waals surface area contributed by atoms with Crippen LogP contribution in [0.3, 0.4) is 0 Å².